The largest absolute Gasteiger partial charge is 0.392 e. The highest BCUT2D eigenvalue weighted by Crippen LogP contribution is 2.06. The van der Waals surface area contributed by atoms with Gasteiger partial charge in [0.2, 0.25) is 0 Å². The standard InChI is InChI=1S/C11H14O2/c1-13-9-11-6-4-10(5-7-11)3-2-8-12/h2-7,12H,8-9H2,1H3/b3-2+. The van der Waals surface area contributed by atoms with E-state index < -0.39 is 0 Å². The molecule has 0 saturated carbocycles. The van der Waals surface area contributed by atoms with Crippen LogP contribution in [0.5, 0.6) is 0 Å². The van der Waals surface area contributed by atoms with Crippen molar-refractivity contribution in [3.05, 3.63) is 41.5 Å². The Kier molecular flexibility index (Phi) is 4.23. The summed E-state index contributed by atoms with van der Waals surface area (Å²) in [6.45, 7) is 0.726. The lowest BCUT2D eigenvalue weighted by atomic mass is 10.1. The van der Waals surface area contributed by atoms with Gasteiger partial charge in [0.15, 0.2) is 0 Å². The van der Waals surface area contributed by atoms with E-state index in [9.17, 15) is 0 Å². The normalized spacial score (nSPS) is 10.9. The molecule has 0 aromatic heterocycles. The SMILES string of the molecule is COCc1ccc(/C=C/CO)cc1. The Morgan fingerprint density at radius 2 is 2.00 bits per heavy atom. The highest BCUT2D eigenvalue weighted by atomic mass is 16.5. The van der Waals surface area contributed by atoms with Crippen molar-refractivity contribution in [1.82, 2.24) is 0 Å². The number of benzene rings is 1. The van der Waals surface area contributed by atoms with Gasteiger partial charge in [-0.25, -0.2) is 0 Å². The molecular formula is C11H14O2. The second kappa shape index (κ2) is 5.51. The zero-order valence-electron chi connectivity index (χ0n) is 7.73. The minimum atomic E-state index is 0.0832. The van der Waals surface area contributed by atoms with E-state index in [1.807, 2.05) is 30.3 Å². The number of rotatable bonds is 4. The maximum absolute atomic E-state index is 8.56. The number of ether oxygens (including phenoxy) is 1. The van der Waals surface area contributed by atoms with E-state index in [-0.39, 0.29) is 6.61 Å². The Bertz CT molecular complexity index is 262. The third-order valence-electron chi connectivity index (χ3n) is 1.71. The Hall–Kier alpha value is -1.12. The summed E-state index contributed by atoms with van der Waals surface area (Å²) in [4.78, 5) is 0. The first-order valence-electron chi connectivity index (χ1n) is 4.22. The molecule has 0 unspecified atom stereocenters. The van der Waals surface area contributed by atoms with Crippen LogP contribution >= 0.6 is 0 Å². The lowest BCUT2D eigenvalue weighted by Gasteiger charge is -1.99. The maximum Gasteiger partial charge on any atom is 0.0713 e. The number of aliphatic hydroxyl groups is 1. The topological polar surface area (TPSA) is 29.5 Å². The highest BCUT2D eigenvalue weighted by molar-refractivity contribution is 5.49. The highest BCUT2D eigenvalue weighted by Gasteiger charge is 1.90. The molecule has 0 amide bonds. The molecule has 1 aromatic rings. The molecular weight excluding hydrogens is 164 g/mol. The van der Waals surface area contributed by atoms with Gasteiger partial charge in [0.1, 0.15) is 0 Å². The fourth-order valence-corrected chi connectivity index (χ4v) is 1.08. The molecule has 13 heavy (non-hydrogen) atoms. The molecule has 1 rings (SSSR count). The molecule has 0 saturated heterocycles. The van der Waals surface area contributed by atoms with E-state index in [2.05, 4.69) is 0 Å². The predicted molar refractivity (Wildman–Crippen MR) is 53.3 cm³/mol. The number of aliphatic hydroxyl groups excluding tert-OH is 1. The zero-order valence-corrected chi connectivity index (χ0v) is 7.73. The summed E-state index contributed by atoms with van der Waals surface area (Å²) in [6.07, 6.45) is 3.60. The van der Waals surface area contributed by atoms with Crippen molar-refractivity contribution >= 4 is 6.08 Å². The van der Waals surface area contributed by atoms with Crippen LogP contribution in [0.1, 0.15) is 11.1 Å². The van der Waals surface area contributed by atoms with Crippen molar-refractivity contribution in [1.29, 1.82) is 0 Å². The first-order valence-corrected chi connectivity index (χ1v) is 4.22. The predicted octanol–water partition coefficient (Wildman–Crippen LogP) is 1.84. The van der Waals surface area contributed by atoms with E-state index >= 15 is 0 Å². The monoisotopic (exact) mass is 178 g/mol. The van der Waals surface area contributed by atoms with E-state index in [0.29, 0.717) is 6.61 Å². The van der Waals surface area contributed by atoms with Crippen LogP contribution in [-0.2, 0) is 11.3 Å². The summed E-state index contributed by atoms with van der Waals surface area (Å²) < 4.78 is 4.99. The summed E-state index contributed by atoms with van der Waals surface area (Å²) >= 11 is 0. The molecule has 0 bridgehead atoms. The second-order valence-electron chi connectivity index (χ2n) is 2.76. The summed E-state index contributed by atoms with van der Waals surface area (Å²) in [5.74, 6) is 0. The van der Waals surface area contributed by atoms with Crippen molar-refractivity contribution in [2.75, 3.05) is 13.7 Å². The van der Waals surface area contributed by atoms with Gasteiger partial charge in [-0.2, -0.15) is 0 Å². The van der Waals surface area contributed by atoms with Crippen molar-refractivity contribution in [3.8, 4) is 0 Å². The minimum Gasteiger partial charge on any atom is -0.392 e. The van der Waals surface area contributed by atoms with Crippen molar-refractivity contribution in [2.24, 2.45) is 0 Å². The van der Waals surface area contributed by atoms with E-state index in [0.717, 1.165) is 11.1 Å². The Morgan fingerprint density at radius 1 is 1.31 bits per heavy atom. The lowest BCUT2D eigenvalue weighted by molar-refractivity contribution is 0.185. The molecule has 2 heteroatoms. The van der Waals surface area contributed by atoms with Gasteiger partial charge in [0, 0.05) is 7.11 Å². The van der Waals surface area contributed by atoms with E-state index in [1.54, 1.807) is 13.2 Å². The number of hydrogen-bond donors (Lipinski definition) is 1. The van der Waals surface area contributed by atoms with Crippen LogP contribution in [0, 0.1) is 0 Å². The van der Waals surface area contributed by atoms with Gasteiger partial charge in [-0.3, -0.25) is 0 Å². The van der Waals surface area contributed by atoms with Crippen LogP contribution in [0.15, 0.2) is 30.3 Å². The fourth-order valence-electron chi connectivity index (χ4n) is 1.08. The summed E-state index contributed by atoms with van der Waals surface area (Å²) in [5, 5.41) is 8.56. The van der Waals surface area contributed by atoms with Crippen LogP contribution in [0.25, 0.3) is 6.08 Å². The van der Waals surface area contributed by atoms with E-state index in [1.165, 1.54) is 0 Å². The molecule has 0 aliphatic carbocycles. The van der Waals surface area contributed by atoms with Gasteiger partial charge in [-0.1, -0.05) is 36.4 Å². The van der Waals surface area contributed by atoms with Crippen LogP contribution in [-0.4, -0.2) is 18.8 Å². The Balaban J connectivity index is 2.64. The average molecular weight is 178 g/mol. The molecule has 0 heterocycles. The van der Waals surface area contributed by atoms with Crippen molar-refractivity contribution in [3.63, 3.8) is 0 Å². The first kappa shape index (κ1) is 9.96. The van der Waals surface area contributed by atoms with Gasteiger partial charge in [-0.05, 0) is 11.1 Å². The van der Waals surface area contributed by atoms with Gasteiger partial charge < -0.3 is 9.84 Å². The van der Waals surface area contributed by atoms with Crippen LogP contribution in [0.4, 0.5) is 0 Å². The number of methoxy groups -OCH3 is 1. The number of hydrogen-bond acceptors (Lipinski definition) is 2. The van der Waals surface area contributed by atoms with E-state index in [4.69, 9.17) is 9.84 Å². The summed E-state index contributed by atoms with van der Waals surface area (Å²) in [6, 6.07) is 8.03. The van der Waals surface area contributed by atoms with Gasteiger partial charge in [0.05, 0.1) is 13.2 Å². The summed E-state index contributed by atoms with van der Waals surface area (Å²) in [7, 11) is 1.68. The molecule has 0 fully saturated rings. The molecule has 1 aromatic carbocycles. The molecule has 0 radical (unpaired) electrons. The minimum absolute atomic E-state index is 0.0832. The molecule has 0 aliphatic rings. The van der Waals surface area contributed by atoms with Crippen molar-refractivity contribution in [2.45, 2.75) is 6.61 Å². The molecule has 0 aliphatic heterocycles. The van der Waals surface area contributed by atoms with Gasteiger partial charge in [-0.15, -0.1) is 0 Å². The van der Waals surface area contributed by atoms with Gasteiger partial charge in [0.25, 0.3) is 0 Å². The maximum atomic E-state index is 8.56. The van der Waals surface area contributed by atoms with Crippen LogP contribution in [0.2, 0.25) is 0 Å². The lowest BCUT2D eigenvalue weighted by Crippen LogP contribution is -1.86. The van der Waals surface area contributed by atoms with Crippen molar-refractivity contribution < 1.29 is 9.84 Å². The third-order valence-corrected chi connectivity index (χ3v) is 1.71. The Labute approximate surface area is 78.5 Å². The molecule has 0 spiro atoms. The fraction of sp³-hybridized carbons (Fsp3) is 0.273. The molecule has 0 atom stereocenters. The van der Waals surface area contributed by atoms with Crippen LogP contribution < -0.4 is 0 Å². The van der Waals surface area contributed by atoms with Gasteiger partial charge >= 0.3 is 0 Å². The average Bonchev–Trinajstić information content (AvgIpc) is 2.17. The third kappa shape index (κ3) is 3.40. The second-order valence-corrected chi connectivity index (χ2v) is 2.76. The molecule has 2 nitrogen and oxygen atoms in total. The smallest absolute Gasteiger partial charge is 0.0713 e. The van der Waals surface area contributed by atoms with Crippen LogP contribution in [0.3, 0.4) is 0 Å². The quantitative estimate of drug-likeness (QED) is 0.762. The first-order chi connectivity index (χ1) is 6.36. The molecule has 1 N–H and O–H groups in total. The Morgan fingerprint density at radius 3 is 2.54 bits per heavy atom. The molecule has 70 valence electrons. The summed E-state index contributed by atoms with van der Waals surface area (Å²) in [5.41, 5.74) is 2.25. The zero-order chi connectivity index (χ0) is 9.52.